The van der Waals surface area contributed by atoms with Gasteiger partial charge in [0.05, 0.1) is 6.61 Å². The van der Waals surface area contributed by atoms with Crippen molar-refractivity contribution in [3.8, 4) is 0 Å². The number of carbonyl (C=O) groups excluding carboxylic acids is 2. The van der Waals surface area contributed by atoms with Gasteiger partial charge in [-0.25, -0.2) is 0 Å². The lowest BCUT2D eigenvalue weighted by Gasteiger charge is -2.18. The van der Waals surface area contributed by atoms with Crippen LogP contribution in [0.15, 0.2) is 85.1 Å². The van der Waals surface area contributed by atoms with E-state index in [1.807, 2.05) is 0 Å². The van der Waals surface area contributed by atoms with Gasteiger partial charge in [-0.15, -0.1) is 0 Å². The molecule has 0 aromatic carbocycles. The van der Waals surface area contributed by atoms with Crippen LogP contribution in [-0.4, -0.2) is 37.9 Å². The minimum absolute atomic E-state index is 0.0705. The Morgan fingerprint density at radius 1 is 0.338 bits per heavy atom. The molecule has 0 spiro atoms. The number of unbranched alkanes of at least 4 members (excludes halogenated alkanes) is 28. The number of hydrogen-bond donors (Lipinski definition) is 0. The van der Waals surface area contributed by atoms with Crippen molar-refractivity contribution in [2.45, 2.75) is 284 Å². The van der Waals surface area contributed by atoms with E-state index in [1.165, 1.54) is 154 Å². The highest BCUT2D eigenvalue weighted by atomic mass is 16.6. The lowest BCUT2D eigenvalue weighted by atomic mass is 10.1. The molecular formula is C63H110O5. The van der Waals surface area contributed by atoms with Gasteiger partial charge in [-0.1, -0.05) is 234 Å². The van der Waals surface area contributed by atoms with Crippen molar-refractivity contribution in [1.82, 2.24) is 0 Å². The van der Waals surface area contributed by atoms with E-state index in [0.29, 0.717) is 19.4 Å². The highest BCUT2D eigenvalue weighted by Crippen LogP contribution is 2.15. The first-order valence-electron chi connectivity index (χ1n) is 29.1. The van der Waals surface area contributed by atoms with Gasteiger partial charge in [0, 0.05) is 19.4 Å². The fraction of sp³-hybridized carbons (Fsp3) is 0.746. The van der Waals surface area contributed by atoms with Crippen molar-refractivity contribution in [2.75, 3.05) is 19.8 Å². The standard InChI is InChI=1S/C63H110O5/c1-4-7-10-13-16-19-22-25-28-30-31-32-34-37-40-43-46-49-52-55-58-66-59-61(68-63(65)57-54-51-48-45-42-39-35-27-24-21-18-15-12-9-6-3)60-67-62(64)56-53-50-47-44-41-38-36-33-29-26-23-20-17-14-11-8-5-2/h9,12,16-21,25-29,35,61H,4-8,10-11,13-15,22-24,30-34,36-60H2,1-3H3/b12-9-,19-16-,20-17-,21-18-,28-25-,29-26-,35-27-. The topological polar surface area (TPSA) is 61.8 Å². The van der Waals surface area contributed by atoms with E-state index >= 15 is 0 Å². The van der Waals surface area contributed by atoms with Crippen LogP contribution in [0.25, 0.3) is 0 Å². The third-order valence-electron chi connectivity index (χ3n) is 12.4. The second kappa shape index (κ2) is 58.4. The summed E-state index contributed by atoms with van der Waals surface area (Å²) in [7, 11) is 0. The van der Waals surface area contributed by atoms with Crippen LogP contribution in [0.2, 0.25) is 0 Å². The minimum atomic E-state index is -0.555. The van der Waals surface area contributed by atoms with Gasteiger partial charge in [-0.2, -0.15) is 0 Å². The van der Waals surface area contributed by atoms with Gasteiger partial charge in [0.25, 0.3) is 0 Å². The predicted octanol–water partition coefficient (Wildman–Crippen LogP) is 20.0. The van der Waals surface area contributed by atoms with Gasteiger partial charge in [0.15, 0.2) is 6.10 Å². The third-order valence-corrected chi connectivity index (χ3v) is 12.4. The molecule has 0 aromatic heterocycles. The Balaban J connectivity index is 4.30. The summed E-state index contributed by atoms with van der Waals surface area (Å²) in [5, 5.41) is 0. The van der Waals surface area contributed by atoms with Crippen molar-refractivity contribution in [3.63, 3.8) is 0 Å². The van der Waals surface area contributed by atoms with Crippen LogP contribution in [0.5, 0.6) is 0 Å². The molecule has 0 saturated carbocycles. The molecule has 0 radical (unpaired) electrons. The lowest BCUT2D eigenvalue weighted by Crippen LogP contribution is -2.30. The van der Waals surface area contributed by atoms with E-state index in [2.05, 4.69) is 106 Å². The van der Waals surface area contributed by atoms with Crippen molar-refractivity contribution in [2.24, 2.45) is 0 Å². The molecule has 0 aliphatic carbocycles. The second-order valence-electron chi connectivity index (χ2n) is 19.2. The number of rotatable bonds is 53. The Bertz CT molecular complexity index is 1250. The van der Waals surface area contributed by atoms with Gasteiger partial charge in [-0.05, 0) is 116 Å². The summed E-state index contributed by atoms with van der Waals surface area (Å²) < 4.78 is 17.5. The van der Waals surface area contributed by atoms with Crippen molar-refractivity contribution in [1.29, 1.82) is 0 Å². The fourth-order valence-corrected chi connectivity index (χ4v) is 8.06. The quantitative estimate of drug-likeness (QED) is 0.0345. The van der Waals surface area contributed by atoms with E-state index in [1.54, 1.807) is 0 Å². The van der Waals surface area contributed by atoms with Gasteiger partial charge in [-0.3, -0.25) is 9.59 Å². The first-order chi connectivity index (χ1) is 33.6. The number of carbonyl (C=O) groups is 2. The monoisotopic (exact) mass is 947 g/mol. The molecule has 0 saturated heterocycles. The maximum Gasteiger partial charge on any atom is 0.306 e. The second-order valence-corrected chi connectivity index (χ2v) is 19.2. The number of ether oxygens (including phenoxy) is 3. The van der Waals surface area contributed by atoms with E-state index in [0.717, 1.165) is 89.9 Å². The average Bonchev–Trinajstić information content (AvgIpc) is 3.34. The van der Waals surface area contributed by atoms with Gasteiger partial charge in [0.2, 0.25) is 0 Å². The molecule has 1 unspecified atom stereocenters. The summed E-state index contributed by atoms with van der Waals surface area (Å²) in [6.07, 6.45) is 77.4. The molecule has 0 aromatic rings. The SMILES string of the molecule is CC/C=C\C/C=C\C/C=C\CCCCCCCC(=O)OC(COCCCCCCCCCCCC/C=C\C/C=C\CCCCC)COC(=O)CCCCCCCCC/C=C\C/C=C\CCCCC. The number of esters is 2. The Morgan fingerprint density at radius 3 is 1.06 bits per heavy atom. The number of hydrogen-bond acceptors (Lipinski definition) is 5. The zero-order chi connectivity index (χ0) is 49.2. The van der Waals surface area contributed by atoms with Crippen LogP contribution >= 0.6 is 0 Å². The Hall–Kier alpha value is -2.92. The molecule has 0 amide bonds. The molecule has 1 atom stereocenters. The summed E-state index contributed by atoms with van der Waals surface area (Å²) in [4.78, 5) is 25.5. The molecule has 68 heavy (non-hydrogen) atoms. The first-order valence-corrected chi connectivity index (χ1v) is 29.1. The van der Waals surface area contributed by atoms with E-state index in [4.69, 9.17) is 14.2 Å². The minimum Gasteiger partial charge on any atom is -0.462 e. The zero-order valence-electron chi connectivity index (χ0n) is 45.1. The van der Waals surface area contributed by atoms with Crippen LogP contribution in [0.1, 0.15) is 278 Å². The summed E-state index contributed by atoms with van der Waals surface area (Å²) in [6.45, 7) is 7.66. The Kier molecular flexibility index (Phi) is 55.9. The maximum absolute atomic E-state index is 12.9. The smallest absolute Gasteiger partial charge is 0.306 e. The summed E-state index contributed by atoms with van der Waals surface area (Å²) in [5.74, 6) is -0.422. The largest absolute Gasteiger partial charge is 0.462 e. The van der Waals surface area contributed by atoms with E-state index < -0.39 is 6.10 Å². The van der Waals surface area contributed by atoms with Crippen molar-refractivity contribution >= 4 is 11.9 Å². The molecule has 0 rings (SSSR count). The normalized spacial score (nSPS) is 12.8. The third kappa shape index (κ3) is 55.7. The van der Waals surface area contributed by atoms with Crippen LogP contribution in [-0.2, 0) is 23.8 Å². The molecule has 0 aliphatic heterocycles. The molecule has 0 fully saturated rings. The molecule has 0 N–H and O–H groups in total. The highest BCUT2D eigenvalue weighted by molar-refractivity contribution is 5.70. The summed E-state index contributed by atoms with van der Waals surface area (Å²) in [5.41, 5.74) is 0. The van der Waals surface area contributed by atoms with E-state index in [-0.39, 0.29) is 25.2 Å². The molecule has 5 heteroatoms. The van der Waals surface area contributed by atoms with Crippen molar-refractivity contribution < 1.29 is 23.8 Å². The molecule has 5 nitrogen and oxygen atoms in total. The Labute approximate surface area is 422 Å². The maximum atomic E-state index is 12.9. The zero-order valence-corrected chi connectivity index (χ0v) is 45.1. The molecule has 0 heterocycles. The highest BCUT2D eigenvalue weighted by Gasteiger charge is 2.17. The van der Waals surface area contributed by atoms with Crippen LogP contribution in [0.4, 0.5) is 0 Å². The van der Waals surface area contributed by atoms with E-state index in [9.17, 15) is 9.59 Å². The van der Waals surface area contributed by atoms with Gasteiger partial charge >= 0.3 is 11.9 Å². The molecule has 392 valence electrons. The summed E-state index contributed by atoms with van der Waals surface area (Å²) in [6, 6.07) is 0. The van der Waals surface area contributed by atoms with Crippen LogP contribution in [0, 0.1) is 0 Å². The van der Waals surface area contributed by atoms with Gasteiger partial charge < -0.3 is 14.2 Å². The fourth-order valence-electron chi connectivity index (χ4n) is 8.06. The first kappa shape index (κ1) is 65.1. The molecule has 0 bridgehead atoms. The van der Waals surface area contributed by atoms with Crippen molar-refractivity contribution in [3.05, 3.63) is 85.1 Å². The summed E-state index contributed by atoms with van der Waals surface area (Å²) >= 11 is 0. The molecule has 0 aliphatic rings. The van der Waals surface area contributed by atoms with Gasteiger partial charge in [0.1, 0.15) is 6.61 Å². The van der Waals surface area contributed by atoms with Crippen LogP contribution < -0.4 is 0 Å². The molecular weight excluding hydrogens is 837 g/mol. The lowest BCUT2D eigenvalue weighted by molar-refractivity contribution is -0.163. The Morgan fingerprint density at radius 2 is 0.662 bits per heavy atom. The average molecular weight is 948 g/mol. The van der Waals surface area contributed by atoms with Crippen LogP contribution in [0.3, 0.4) is 0 Å². The number of allylic oxidation sites excluding steroid dienone is 14. The predicted molar refractivity (Wildman–Crippen MR) is 297 cm³/mol.